The molecule has 0 unspecified atom stereocenters. The fraction of sp³-hybridized carbons (Fsp3) is 0.423. The van der Waals surface area contributed by atoms with Crippen molar-refractivity contribution in [2.45, 2.75) is 106 Å². The van der Waals surface area contributed by atoms with E-state index in [-0.39, 0.29) is 12.3 Å². The zero-order valence-electron chi connectivity index (χ0n) is 40.7. The van der Waals surface area contributed by atoms with E-state index in [0.29, 0.717) is 53.9 Å². The molecule has 0 saturated carbocycles. The lowest BCUT2D eigenvalue weighted by atomic mass is 9.90. The second-order valence-electron chi connectivity index (χ2n) is 18.3. The third-order valence-electron chi connectivity index (χ3n) is 13.5. The highest BCUT2D eigenvalue weighted by molar-refractivity contribution is 5.76. The first-order chi connectivity index (χ1) is 33.4. The van der Waals surface area contributed by atoms with Crippen molar-refractivity contribution in [3.05, 3.63) is 142 Å². The van der Waals surface area contributed by atoms with Gasteiger partial charge in [0, 0.05) is 37.3 Å². The van der Waals surface area contributed by atoms with Crippen molar-refractivity contribution in [3.63, 3.8) is 0 Å². The van der Waals surface area contributed by atoms with Gasteiger partial charge in [0.2, 0.25) is 5.91 Å². The number of aliphatic carboxylic acids is 1. The topological polar surface area (TPSA) is 191 Å². The molecule has 2 aliphatic heterocycles. The van der Waals surface area contributed by atoms with E-state index in [1.165, 1.54) is 43.5 Å². The van der Waals surface area contributed by atoms with Crippen LogP contribution in [-0.4, -0.2) is 107 Å². The van der Waals surface area contributed by atoms with Gasteiger partial charge in [-0.1, -0.05) is 60.7 Å². The van der Waals surface area contributed by atoms with Crippen molar-refractivity contribution < 1.29 is 14.7 Å². The van der Waals surface area contributed by atoms with Crippen LogP contribution >= 0.6 is 0 Å². The van der Waals surface area contributed by atoms with Crippen LogP contribution < -0.4 is 5.32 Å². The van der Waals surface area contributed by atoms with Gasteiger partial charge >= 0.3 is 5.97 Å². The molecular formula is C52H64N14O3. The minimum absolute atomic E-state index is 0.0877. The Labute approximate surface area is 403 Å². The quantitative estimate of drug-likeness (QED) is 0.126. The number of piperidine rings is 2. The van der Waals surface area contributed by atoms with Crippen molar-refractivity contribution in [1.29, 1.82) is 0 Å². The van der Waals surface area contributed by atoms with E-state index >= 15 is 0 Å². The van der Waals surface area contributed by atoms with E-state index in [4.69, 9.17) is 10.2 Å². The van der Waals surface area contributed by atoms with Gasteiger partial charge in [-0.05, 0) is 164 Å². The molecule has 17 heteroatoms. The molecule has 0 bridgehead atoms. The molecule has 2 aliphatic rings. The Kier molecular flexibility index (Phi) is 15.6. The normalized spacial score (nSPS) is 14.4. The standard InChI is InChI=1S/C26H31N7O.C14H16N6O2.C12H17N/c1-18-23(19(2)32(29-18)25-11-10-24-28-27-20(3)33(24)30-25)9-12-26(34)31-15-13-22(14-16-31)17-21-7-5-4-6-8-21;1-8-11(4-7-14(21)22)9(2)19(17-8)13-6-5-12-16-15-10(3)20(12)18-13;1-2-4-11(5-3-1)10-12-6-8-13-9-7-12/h4-8,10-11,22H,9,12-17H2,1-3H3;5-6H,4,7H2,1-3H3,(H,21,22);1-5,12-13H,6-10H2. The Morgan fingerprint density at radius 2 is 1.01 bits per heavy atom. The first-order valence-electron chi connectivity index (χ1n) is 24.2. The van der Waals surface area contributed by atoms with E-state index in [9.17, 15) is 9.59 Å². The minimum atomic E-state index is -0.814. The first kappa shape index (κ1) is 48.3. The molecule has 2 fully saturated rings. The summed E-state index contributed by atoms with van der Waals surface area (Å²) in [5.41, 5.74) is 10.0. The van der Waals surface area contributed by atoms with Crippen LogP contribution in [0.4, 0.5) is 0 Å². The summed E-state index contributed by atoms with van der Waals surface area (Å²) in [6.07, 6.45) is 8.95. The van der Waals surface area contributed by atoms with Crippen molar-refractivity contribution in [3.8, 4) is 11.6 Å². The third kappa shape index (κ3) is 11.9. The molecule has 0 radical (unpaired) electrons. The van der Waals surface area contributed by atoms with Crippen LogP contribution in [0.1, 0.15) is 95.2 Å². The molecule has 0 atom stereocenters. The van der Waals surface area contributed by atoms with Gasteiger partial charge < -0.3 is 15.3 Å². The van der Waals surface area contributed by atoms with Crippen LogP contribution in [0.15, 0.2) is 84.9 Å². The molecule has 1 amide bonds. The van der Waals surface area contributed by atoms with Crippen LogP contribution in [0.3, 0.4) is 0 Å². The van der Waals surface area contributed by atoms with E-state index in [2.05, 4.69) is 102 Å². The SMILES string of the molecule is Cc1nn(-c2ccc3nnc(C)n3n2)c(C)c1CCC(=O)N1CCC(Cc2ccccc2)CC1.Cc1nn(-c2ccc3nnc(C)n3n2)c(C)c1CCC(=O)O.c1ccc(CC2CCNCC2)cc1. The van der Waals surface area contributed by atoms with E-state index in [0.717, 1.165) is 78.0 Å². The maximum absolute atomic E-state index is 13.0. The number of nitrogens with zero attached hydrogens (tertiary/aromatic N) is 13. The number of hydrogen-bond acceptors (Lipinski definition) is 11. The minimum Gasteiger partial charge on any atom is -0.481 e. The first-order valence-corrected chi connectivity index (χ1v) is 24.2. The number of aromatic nitrogens is 12. The average Bonchev–Trinajstić information content (AvgIpc) is 4.10. The van der Waals surface area contributed by atoms with Crippen LogP contribution in [-0.2, 0) is 35.3 Å². The monoisotopic (exact) mass is 933 g/mol. The highest BCUT2D eigenvalue weighted by atomic mass is 16.4. The summed E-state index contributed by atoms with van der Waals surface area (Å²) in [5.74, 6) is 3.79. The molecule has 10 rings (SSSR count). The lowest BCUT2D eigenvalue weighted by Gasteiger charge is -2.32. The average molecular weight is 933 g/mol. The fourth-order valence-corrected chi connectivity index (χ4v) is 9.51. The Morgan fingerprint density at radius 1 is 0.565 bits per heavy atom. The summed E-state index contributed by atoms with van der Waals surface area (Å²) in [6.45, 7) is 15.7. The number of carboxylic acids is 1. The van der Waals surface area contributed by atoms with Gasteiger partial charge in [-0.15, -0.1) is 30.6 Å². The molecule has 8 heterocycles. The number of nitrogens with one attached hydrogen (secondary N) is 1. The Morgan fingerprint density at radius 3 is 1.48 bits per heavy atom. The fourth-order valence-electron chi connectivity index (χ4n) is 9.51. The second kappa shape index (κ2) is 22.3. The van der Waals surface area contributed by atoms with Crippen LogP contribution in [0, 0.1) is 53.4 Å². The molecule has 2 N–H and O–H groups in total. The summed E-state index contributed by atoms with van der Waals surface area (Å²) >= 11 is 0. The number of likely N-dealkylation sites (tertiary alicyclic amines) is 1. The van der Waals surface area contributed by atoms with Crippen molar-refractivity contribution in [1.82, 2.24) is 69.4 Å². The zero-order valence-corrected chi connectivity index (χ0v) is 40.7. The Bertz CT molecular complexity index is 2980. The van der Waals surface area contributed by atoms with Crippen molar-refractivity contribution >= 4 is 23.2 Å². The molecule has 0 aliphatic carbocycles. The molecule has 17 nitrogen and oxygen atoms in total. The molecule has 8 aromatic rings. The number of carbonyl (C=O) groups is 2. The summed E-state index contributed by atoms with van der Waals surface area (Å²) in [7, 11) is 0. The Hall–Kier alpha value is -7.14. The smallest absolute Gasteiger partial charge is 0.303 e. The maximum Gasteiger partial charge on any atom is 0.303 e. The number of rotatable bonds is 12. The molecule has 360 valence electrons. The molecule has 2 saturated heterocycles. The summed E-state index contributed by atoms with van der Waals surface area (Å²) < 4.78 is 6.95. The highest BCUT2D eigenvalue weighted by Gasteiger charge is 2.24. The lowest BCUT2D eigenvalue weighted by molar-refractivity contribution is -0.137. The third-order valence-corrected chi connectivity index (χ3v) is 13.5. The van der Waals surface area contributed by atoms with Crippen LogP contribution in [0.25, 0.3) is 22.9 Å². The number of aryl methyl sites for hydroxylation is 4. The summed E-state index contributed by atoms with van der Waals surface area (Å²) in [5, 5.41) is 46.7. The number of fused-ring (bicyclic) bond motifs is 2. The van der Waals surface area contributed by atoms with Gasteiger partial charge in [0.25, 0.3) is 0 Å². The van der Waals surface area contributed by atoms with Gasteiger partial charge in [-0.25, -0.2) is 9.36 Å². The van der Waals surface area contributed by atoms with Gasteiger partial charge in [0.1, 0.15) is 0 Å². The summed E-state index contributed by atoms with van der Waals surface area (Å²) in [4.78, 5) is 25.8. The van der Waals surface area contributed by atoms with E-state index < -0.39 is 5.97 Å². The van der Waals surface area contributed by atoms with Crippen LogP contribution in [0.5, 0.6) is 0 Å². The largest absolute Gasteiger partial charge is 0.481 e. The predicted molar refractivity (Wildman–Crippen MR) is 264 cm³/mol. The van der Waals surface area contributed by atoms with Gasteiger partial charge in [-0.3, -0.25) is 9.59 Å². The summed E-state index contributed by atoms with van der Waals surface area (Å²) in [6, 6.07) is 28.9. The van der Waals surface area contributed by atoms with Crippen LogP contribution in [0.2, 0.25) is 0 Å². The lowest BCUT2D eigenvalue weighted by Crippen LogP contribution is -2.39. The molecule has 2 aromatic carbocycles. The number of carboxylic acid groups (broad SMARTS) is 1. The van der Waals surface area contributed by atoms with Gasteiger partial charge in [0.15, 0.2) is 34.6 Å². The maximum atomic E-state index is 13.0. The predicted octanol–water partition coefficient (Wildman–Crippen LogP) is 7.13. The number of carbonyl (C=O) groups excluding carboxylic acids is 1. The van der Waals surface area contributed by atoms with E-state index in [1.54, 1.807) is 13.7 Å². The number of amides is 1. The molecule has 69 heavy (non-hydrogen) atoms. The van der Waals surface area contributed by atoms with Crippen molar-refractivity contribution in [2.75, 3.05) is 26.2 Å². The molecule has 6 aromatic heterocycles. The number of hydrogen-bond donors (Lipinski definition) is 2. The van der Waals surface area contributed by atoms with E-state index in [1.807, 2.05) is 75.4 Å². The number of benzene rings is 2. The van der Waals surface area contributed by atoms with Crippen molar-refractivity contribution in [2.24, 2.45) is 11.8 Å². The Balaban J connectivity index is 0.000000156. The van der Waals surface area contributed by atoms with Gasteiger partial charge in [-0.2, -0.15) is 19.2 Å². The highest BCUT2D eigenvalue weighted by Crippen LogP contribution is 2.25. The molecule has 0 spiro atoms. The molecular weight excluding hydrogens is 869 g/mol. The zero-order chi connectivity index (χ0) is 48.4. The second-order valence-corrected chi connectivity index (χ2v) is 18.3. The van der Waals surface area contributed by atoms with Gasteiger partial charge in [0.05, 0.1) is 11.4 Å².